The van der Waals surface area contributed by atoms with Crippen LogP contribution in [0.4, 0.5) is 5.69 Å². The lowest BCUT2D eigenvalue weighted by molar-refractivity contribution is 0.0593. The third-order valence-electron chi connectivity index (χ3n) is 3.11. The van der Waals surface area contributed by atoms with E-state index in [1.807, 2.05) is 43.3 Å². The van der Waals surface area contributed by atoms with E-state index in [2.05, 4.69) is 4.98 Å². The molecule has 0 saturated heterocycles. The summed E-state index contributed by atoms with van der Waals surface area (Å²) in [5.41, 5.74) is 2.89. The first-order chi connectivity index (χ1) is 10.0. The average molecular weight is 286 g/mol. The molecule has 1 aromatic heterocycles. The first-order valence-electron chi connectivity index (χ1n) is 6.47. The largest absolute Gasteiger partial charge is 0.497 e. The minimum Gasteiger partial charge on any atom is -0.497 e. The Morgan fingerprint density at radius 1 is 1.10 bits per heavy atom. The lowest BCUT2D eigenvalue weighted by atomic mass is 10.1. The van der Waals surface area contributed by atoms with Crippen molar-refractivity contribution < 1.29 is 14.3 Å². The Bertz CT molecular complexity index is 636. The molecule has 5 nitrogen and oxygen atoms in total. The summed E-state index contributed by atoms with van der Waals surface area (Å²) >= 11 is 0. The van der Waals surface area contributed by atoms with Gasteiger partial charge in [0.2, 0.25) is 0 Å². The number of hydrogen-bond donors (Lipinski definition) is 0. The second-order valence-electron chi connectivity index (χ2n) is 4.71. The van der Waals surface area contributed by atoms with E-state index in [1.165, 1.54) is 7.11 Å². The van der Waals surface area contributed by atoms with Crippen LogP contribution in [0.1, 0.15) is 10.5 Å². The van der Waals surface area contributed by atoms with Crippen LogP contribution in [0.25, 0.3) is 11.3 Å². The number of pyridine rings is 1. The average Bonchev–Trinajstić information content (AvgIpc) is 2.53. The molecule has 0 unspecified atom stereocenters. The van der Waals surface area contributed by atoms with Crippen LogP contribution in [-0.4, -0.2) is 39.3 Å². The van der Waals surface area contributed by atoms with Crippen LogP contribution >= 0.6 is 0 Å². The maximum atomic E-state index is 11.7. The van der Waals surface area contributed by atoms with E-state index < -0.39 is 5.97 Å². The number of methoxy groups -OCH3 is 2. The van der Waals surface area contributed by atoms with Crippen LogP contribution in [0.2, 0.25) is 0 Å². The van der Waals surface area contributed by atoms with E-state index in [0.29, 0.717) is 11.4 Å². The Morgan fingerprint density at radius 3 is 2.29 bits per heavy atom. The molecule has 0 amide bonds. The van der Waals surface area contributed by atoms with E-state index in [4.69, 9.17) is 9.47 Å². The predicted molar refractivity (Wildman–Crippen MR) is 81.9 cm³/mol. The highest BCUT2D eigenvalue weighted by Gasteiger charge is 2.12. The van der Waals surface area contributed by atoms with Crippen molar-refractivity contribution in [2.24, 2.45) is 0 Å². The fraction of sp³-hybridized carbons (Fsp3) is 0.250. The molecule has 0 spiro atoms. The molecule has 0 N–H and O–H groups in total. The van der Waals surface area contributed by atoms with Crippen LogP contribution in [0.3, 0.4) is 0 Å². The second kappa shape index (κ2) is 6.26. The molecule has 0 radical (unpaired) electrons. The van der Waals surface area contributed by atoms with Gasteiger partial charge in [0.15, 0.2) is 5.69 Å². The maximum Gasteiger partial charge on any atom is 0.356 e. The summed E-state index contributed by atoms with van der Waals surface area (Å²) in [4.78, 5) is 18.0. The smallest absolute Gasteiger partial charge is 0.356 e. The number of benzene rings is 1. The quantitative estimate of drug-likeness (QED) is 0.809. The molecule has 0 atom stereocenters. The molecule has 1 heterocycles. The summed E-state index contributed by atoms with van der Waals surface area (Å²) in [5.74, 6) is 0.0807. The maximum absolute atomic E-state index is 11.7. The molecule has 0 bridgehead atoms. The van der Waals surface area contributed by atoms with Crippen molar-refractivity contribution in [3.63, 3.8) is 0 Å². The molecule has 110 valence electrons. The standard InChI is InChI=1S/C16H18N2O3/c1-18(2)12-7-5-11(6-8-12)14-9-13(20-3)10-15(17-14)16(19)21-4/h5-10H,1-4H3. The topological polar surface area (TPSA) is 51.7 Å². The lowest BCUT2D eigenvalue weighted by Gasteiger charge is -2.13. The molecule has 5 heteroatoms. The SMILES string of the molecule is COC(=O)c1cc(OC)cc(-c2ccc(N(C)C)cc2)n1. The van der Waals surface area contributed by atoms with Gasteiger partial charge in [-0.1, -0.05) is 12.1 Å². The number of nitrogens with zero attached hydrogens (tertiary/aromatic N) is 2. The predicted octanol–water partition coefficient (Wildman–Crippen LogP) is 2.61. The third kappa shape index (κ3) is 3.31. The first-order valence-corrected chi connectivity index (χ1v) is 6.47. The van der Waals surface area contributed by atoms with Crippen molar-refractivity contribution >= 4 is 11.7 Å². The molecule has 2 aromatic rings. The molecule has 0 aliphatic carbocycles. The second-order valence-corrected chi connectivity index (χ2v) is 4.71. The van der Waals surface area contributed by atoms with Gasteiger partial charge in [-0.2, -0.15) is 0 Å². The Balaban J connectivity index is 2.44. The highest BCUT2D eigenvalue weighted by atomic mass is 16.5. The van der Waals surface area contributed by atoms with Gasteiger partial charge in [0.1, 0.15) is 5.75 Å². The van der Waals surface area contributed by atoms with Crippen molar-refractivity contribution in [2.75, 3.05) is 33.2 Å². The summed E-state index contributed by atoms with van der Waals surface area (Å²) in [5, 5.41) is 0. The van der Waals surface area contributed by atoms with Crippen LogP contribution < -0.4 is 9.64 Å². The molecule has 0 aliphatic heterocycles. The van der Waals surface area contributed by atoms with Crippen molar-refractivity contribution in [1.29, 1.82) is 0 Å². The molecule has 0 saturated carbocycles. The Morgan fingerprint density at radius 2 is 1.76 bits per heavy atom. The first kappa shape index (κ1) is 14.8. The Labute approximate surface area is 124 Å². The van der Waals surface area contributed by atoms with E-state index in [9.17, 15) is 4.79 Å². The van der Waals surface area contributed by atoms with Gasteiger partial charge in [0.05, 0.1) is 19.9 Å². The van der Waals surface area contributed by atoms with E-state index in [0.717, 1.165) is 11.3 Å². The summed E-state index contributed by atoms with van der Waals surface area (Å²) < 4.78 is 9.93. The molecule has 0 aliphatic rings. The molecule has 2 rings (SSSR count). The number of rotatable bonds is 4. The van der Waals surface area contributed by atoms with Crippen LogP contribution in [0, 0.1) is 0 Å². The third-order valence-corrected chi connectivity index (χ3v) is 3.11. The highest BCUT2D eigenvalue weighted by molar-refractivity contribution is 5.88. The number of aromatic nitrogens is 1. The van der Waals surface area contributed by atoms with Gasteiger partial charge in [0.25, 0.3) is 0 Å². The summed E-state index contributed by atoms with van der Waals surface area (Å²) in [6.07, 6.45) is 0. The van der Waals surface area contributed by atoms with E-state index in [1.54, 1.807) is 19.2 Å². The number of carbonyl (C=O) groups is 1. The van der Waals surface area contributed by atoms with Gasteiger partial charge >= 0.3 is 5.97 Å². The zero-order valence-electron chi connectivity index (χ0n) is 12.6. The molecule has 21 heavy (non-hydrogen) atoms. The minimum absolute atomic E-state index is 0.225. The summed E-state index contributed by atoms with van der Waals surface area (Å²) in [6, 6.07) is 11.2. The zero-order chi connectivity index (χ0) is 15.4. The molecular weight excluding hydrogens is 268 g/mol. The van der Waals surface area contributed by atoms with E-state index >= 15 is 0 Å². The van der Waals surface area contributed by atoms with Crippen molar-refractivity contribution in [2.45, 2.75) is 0 Å². The normalized spacial score (nSPS) is 10.1. The van der Waals surface area contributed by atoms with Gasteiger partial charge in [-0.05, 0) is 12.1 Å². The van der Waals surface area contributed by atoms with Gasteiger partial charge in [0, 0.05) is 37.5 Å². The van der Waals surface area contributed by atoms with Gasteiger partial charge in [-0.3, -0.25) is 0 Å². The fourth-order valence-electron chi connectivity index (χ4n) is 1.91. The zero-order valence-corrected chi connectivity index (χ0v) is 12.6. The van der Waals surface area contributed by atoms with Crippen molar-refractivity contribution in [3.05, 3.63) is 42.1 Å². The monoisotopic (exact) mass is 286 g/mol. The van der Waals surface area contributed by atoms with Crippen LogP contribution in [0.5, 0.6) is 5.75 Å². The molecule has 1 aromatic carbocycles. The lowest BCUT2D eigenvalue weighted by Crippen LogP contribution is -2.08. The van der Waals surface area contributed by atoms with Crippen molar-refractivity contribution in [1.82, 2.24) is 4.98 Å². The van der Waals surface area contributed by atoms with Crippen LogP contribution in [-0.2, 0) is 4.74 Å². The highest BCUT2D eigenvalue weighted by Crippen LogP contribution is 2.25. The number of anilines is 1. The Kier molecular flexibility index (Phi) is 4.42. The molecular formula is C16H18N2O3. The number of carbonyl (C=O) groups excluding carboxylic acids is 1. The fourth-order valence-corrected chi connectivity index (χ4v) is 1.91. The number of hydrogen-bond acceptors (Lipinski definition) is 5. The van der Waals surface area contributed by atoms with Crippen molar-refractivity contribution in [3.8, 4) is 17.0 Å². The summed E-state index contributed by atoms with van der Waals surface area (Å²) in [7, 11) is 6.84. The van der Waals surface area contributed by atoms with Gasteiger partial charge < -0.3 is 14.4 Å². The minimum atomic E-state index is -0.486. The Hall–Kier alpha value is -2.56. The van der Waals surface area contributed by atoms with Gasteiger partial charge in [-0.15, -0.1) is 0 Å². The summed E-state index contributed by atoms with van der Waals surface area (Å²) in [6.45, 7) is 0. The van der Waals surface area contributed by atoms with E-state index in [-0.39, 0.29) is 5.69 Å². The molecule has 0 fully saturated rings. The van der Waals surface area contributed by atoms with Gasteiger partial charge in [-0.25, -0.2) is 9.78 Å². The number of esters is 1. The number of ether oxygens (including phenoxy) is 2. The van der Waals surface area contributed by atoms with Crippen LogP contribution in [0.15, 0.2) is 36.4 Å².